The van der Waals surface area contributed by atoms with Crippen molar-refractivity contribution in [2.75, 3.05) is 16.8 Å². The van der Waals surface area contributed by atoms with Gasteiger partial charge in [-0.25, -0.2) is 0 Å². The molecule has 0 saturated carbocycles. The van der Waals surface area contributed by atoms with Crippen molar-refractivity contribution in [2.24, 2.45) is 0 Å². The number of amides is 2. The standard InChI is InChI=1S/C26H16BrN5O3S/c27-16-12-10-15(11-13-16)23-29-26-32(30-23)25(35)22(36-26)21-18-8-4-5-9-19(18)31(24(21)34)14-20(33)28-17-6-2-1-3-7-17/h1-13H,14H2,(H,28,33)/b22-21-. The number of para-hydroxylation sites is 2. The van der Waals surface area contributed by atoms with Crippen LogP contribution in [0.25, 0.3) is 21.9 Å². The largest absolute Gasteiger partial charge is 0.325 e. The first kappa shape index (κ1) is 22.3. The van der Waals surface area contributed by atoms with Gasteiger partial charge in [0.05, 0.1) is 11.3 Å². The van der Waals surface area contributed by atoms with E-state index in [-0.39, 0.29) is 22.6 Å². The van der Waals surface area contributed by atoms with Crippen molar-refractivity contribution in [1.82, 2.24) is 14.6 Å². The molecule has 176 valence electrons. The first-order valence-electron chi connectivity index (χ1n) is 11.0. The van der Waals surface area contributed by atoms with Crippen molar-refractivity contribution >= 4 is 61.0 Å². The van der Waals surface area contributed by atoms with Gasteiger partial charge in [0.25, 0.3) is 11.5 Å². The molecule has 1 aliphatic rings. The Labute approximate surface area is 216 Å². The van der Waals surface area contributed by atoms with Gasteiger partial charge in [-0.2, -0.15) is 9.50 Å². The van der Waals surface area contributed by atoms with Gasteiger partial charge < -0.3 is 5.32 Å². The van der Waals surface area contributed by atoms with Crippen LogP contribution in [0.2, 0.25) is 0 Å². The molecule has 10 heteroatoms. The van der Waals surface area contributed by atoms with Gasteiger partial charge in [-0.05, 0) is 30.3 Å². The van der Waals surface area contributed by atoms with Crippen molar-refractivity contribution in [1.29, 1.82) is 0 Å². The van der Waals surface area contributed by atoms with Crippen LogP contribution in [-0.2, 0) is 9.59 Å². The molecule has 36 heavy (non-hydrogen) atoms. The van der Waals surface area contributed by atoms with Crippen molar-refractivity contribution in [3.63, 3.8) is 0 Å². The summed E-state index contributed by atoms with van der Waals surface area (Å²) in [5.41, 5.74) is 2.44. The van der Waals surface area contributed by atoms with Gasteiger partial charge in [-0.3, -0.25) is 19.3 Å². The molecule has 2 amide bonds. The van der Waals surface area contributed by atoms with E-state index in [1.54, 1.807) is 36.4 Å². The lowest BCUT2D eigenvalue weighted by Crippen LogP contribution is -2.37. The smallest absolute Gasteiger partial charge is 0.291 e. The van der Waals surface area contributed by atoms with E-state index >= 15 is 0 Å². The Balaban J connectivity index is 1.40. The molecule has 8 nitrogen and oxygen atoms in total. The summed E-state index contributed by atoms with van der Waals surface area (Å²) < 4.78 is 2.40. The summed E-state index contributed by atoms with van der Waals surface area (Å²) in [7, 11) is 0. The second-order valence-corrected chi connectivity index (χ2v) is 9.96. The molecular weight excluding hydrogens is 542 g/mol. The Bertz CT molecular complexity index is 1760. The normalized spacial score (nSPS) is 14.4. The number of carbonyl (C=O) groups excluding carboxylic acids is 2. The summed E-state index contributed by atoms with van der Waals surface area (Å²) in [6.45, 7) is -0.184. The third kappa shape index (κ3) is 3.80. The monoisotopic (exact) mass is 557 g/mol. The molecule has 0 unspecified atom stereocenters. The molecule has 3 aromatic carbocycles. The van der Waals surface area contributed by atoms with Gasteiger partial charge in [0, 0.05) is 21.3 Å². The maximum absolute atomic E-state index is 13.5. The molecule has 0 radical (unpaired) electrons. The fourth-order valence-electron chi connectivity index (χ4n) is 4.13. The van der Waals surface area contributed by atoms with Crippen LogP contribution in [0.3, 0.4) is 0 Å². The molecule has 1 aliphatic heterocycles. The molecule has 5 aromatic rings. The van der Waals surface area contributed by atoms with Crippen LogP contribution in [0.15, 0.2) is 88.1 Å². The van der Waals surface area contributed by atoms with E-state index in [9.17, 15) is 14.4 Å². The van der Waals surface area contributed by atoms with Crippen LogP contribution in [0.4, 0.5) is 11.4 Å². The molecule has 0 spiro atoms. The SMILES string of the molecule is O=C(CN1C(=O)/C(=c2\sc3nc(-c4ccc(Br)cc4)nn3c2=O)c2ccccc21)Nc1ccccc1. The number of hydrogen-bond donors (Lipinski definition) is 1. The molecule has 3 heterocycles. The zero-order valence-corrected chi connectivity index (χ0v) is 20.9. The lowest BCUT2D eigenvalue weighted by atomic mass is 10.1. The Morgan fingerprint density at radius 1 is 0.944 bits per heavy atom. The predicted molar refractivity (Wildman–Crippen MR) is 142 cm³/mol. The van der Waals surface area contributed by atoms with Crippen LogP contribution >= 0.6 is 27.3 Å². The van der Waals surface area contributed by atoms with Gasteiger partial charge >= 0.3 is 0 Å². The fraction of sp³-hybridized carbons (Fsp3) is 0.0385. The van der Waals surface area contributed by atoms with Crippen LogP contribution < -0.4 is 20.3 Å². The third-order valence-electron chi connectivity index (χ3n) is 5.77. The lowest BCUT2D eigenvalue weighted by Gasteiger charge is -2.16. The Hall–Kier alpha value is -4.15. The number of thiazole rings is 1. The molecule has 0 saturated heterocycles. The number of benzene rings is 3. The zero-order chi connectivity index (χ0) is 24.8. The van der Waals surface area contributed by atoms with Crippen LogP contribution in [0.5, 0.6) is 0 Å². The minimum atomic E-state index is -0.417. The molecule has 0 fully saturated rings. The van der Waals surface area contributed by atoms with Gasteiger partial charge in [-0.1, -0.05) is 75.8 Å². The highest BCUT2D eigenvalue weighted by Crippen LogP contribution is 2.35. The number of hydrogen-bond acceptors (Lipinski definition) is 6. The summed E-state index contributed by atoms with van der Waals surface area (Å²) in [5.74, 6) is -0.316. The number of aromatic nitrogens is 3. The number of halogens is 1. The number of fused-ring (bicyclic) bond motifs is 2. The molecule has 6 rings (SSSR count). The second-order valence-electron chi connectivity index (χ2n) is 8.07. The average molecular weight is 558 g/mol. The van der Waals surface area contributed by atoms with E-state index in [0.717, 1.165) is 21.4 Å². The van der Waals surface area contributed by atoms with E-state index in [1.807, 2.05) is 42.5 Å². The third-order valence-corrected chi connectivity index (χ3v) is 7.33. The number of nitrogens with one attached hydrogen (secondary N) is 1. The molecular formula is C26H16BrN5O3S. The number of carbonyl (C=O) groups is 2. The van der Waals surface area contributed by atoms with E-state index in [0.29, 0.717) is 27.7 Å². The second kappa shape index (κ2) is 8.81. The summed E-state index contributed by atoms with van der Waals surface area (Å²) in [4.78, 5) is 45.9. The average Bonchev–Trinajstić information content (AvgIpc) is 3.51. The maximum atomic E-state index is 13.5. The van der Waals surface area contributed by atoms with Crippen molar-refractivity contribution < 1.29 is 9.59 Å². The predicted octanol–water partition coefficient (Wildman–Crippen LogP) is 3.48. The lowest BCUT2D eigenvalue weighted by molar-refractivity contribution is -0.118. The number of anilines is 2. The van der Waals surface area contributed by atoms with Gasteiger partial charge in [0.2, 0.25) is 10.9 Å². The van der Waals surface area contributed by atoms with E-state index in [4.69, 9.17) is 0 Å². The summed E-state index contributed by atoms with van der Waals surface area (Å²) in [5, 5.41) is 7.19. The fourth-order valence-corrected chi connectivity index (χ4v) is 5.39. The molecule has 0 atom stereocenters. The van der Waals surface area contributed by atoms with Crippen LogP contribution in [-0.4, -0.2) is 33.0 Å². The summed E-state index contributed by atoms with van der Waals surface area (Å²) >= 11 is 4.51. The quantitative estimate of drug-likeness (QED) is 0.365. The van der Waals surface area contributed by atoms with Crippen LogP contribution in [0.1, 0.15) is 5.56 Å². The minimum absolute atomic E-state index is 0.184. The van der Waals surface area contributed by atoms with Gasteiger partial charge in [-0.15, -0.1) is 5.10 Å². The van der Waals surface area contributed by atoms with E-state index in [2.05, 4.69) is 31.3 Å². The van der Waals surface area contributed by atoms with Crippen molar-refractivity contribution in [3.8, 4) is 11.4 Å². The highest BCUT2D eigenvalue weighted by Gasteiger charge is 2.35. The minimum Gasteiger partial charge on any atom is -0.325 e. The first-order valence-corrected chi connectivity index (χ1v) is 12.6. The number of nitrogens with zero attached hydrogens (tertiary/aromatic N) is 4. The van der Waals surface area contributed by atoms with Crippen LogP contribution in [0, 0.1) is 0 Å². The Morgan fingerprint density at radius 3 is 2.42 bits per heavy atom. The highest BCUT2D eigenvalue weighted by atomic mass is 79.9. The zero-order valence-electron chi connectivity index (χ0n) is 18.5. The first-order chi connectivity index (χ1) is 17.5. The van der Waals surface area contributed by atoms with Crippen molar-refractivity contribution in [2.45, 2.75) is 0 Å². The summed E-state index contributed by atoms with van der Waals surface area (Å²) in [6, 6.07) is 23.6. The maximum Gasteiger partial charge on any atom is 0.291 e. The van der Waals surface area contributed by atoms with Crippen molar-refractivity contribution in [3.05, 3.63) is 104 Å². The topological polar surface area (TPSA) is 96.7 Å². The van der Waals surface area contributed by atoms with Gasteiger partial charge in [0.1, 0.15) is 11.1 Å². The van der Waals surface area contributed by atoms with E-state index in [1.165, 1.54) is 9.42 Å². The molecule has 0 bridgehead atoms. The highest BCUT2D eigenvalue weighted by molar-refractivity contribution is 9.10. The summed E-state index contributed by atoms with van der Waals surface area (Å²) in [6.07, 6.45) is 0. The van der Waals surface area contributed by atoms with Gasteiger partial charge in [0.15, 0.2) is 5.82 Å². The van der Waals surface area contributed by atoms with E-state index < -0.39 is 11.5 Å². The molecule has 1 N–H and O–H groups in total. The Kier molecular flexibility index (Phi) is 5.46. The molecule has 2 aromatic heterocycles. The number of rotatable bonds is 4. The Morgan fingerprint density at radius 2 is 1.67 bits per heavy atom. The molecule has 0 aliphatic carbocycles.